The maximum atomic E-state index is 12.8. The predicted octanol–water partition coefficient (Wildman–Crippen LogP) is 0.549. The summed E-state index contributed by atoms with van der Waals surface area (Å²) in [5, 5.41) is 0. The Morgan fingerprint density at radius 1 is 1.31 bits per heavy atom. The highest BCUT2D eigenvalue weighted by atomic mass is 32.2. The van der Waals surface area contributed by atoms with Crippen molar-refractivity contribution < 1.29 is 21.6 Å². The summed E-state index contributed by atoms with van der Waals surface area (Å²) in [5.74, 6) is 0. The van der Waals surface area contributed by atoms with Crippen molar-refractivity contribution >= 4 is 10.0 Å². The molecule has 0 spiro atoms. The topological polar surface area (TPSA) is 63.4 Å². The van der Waals surface area contributed by atoms with Gasteiger partial charge >= 0.3 is 6.18 Å². The molecule has 1 rings (SSSR count). The molecule has 1 fully saturated rings. The minimum Gasteiger partial charge on any atom is -0.330 e. The van der Waals surface area contributed by atoms with E-state index in [1.54, 1.807) is 0 Å². The fourth-order valence-electron chi connectivity index (χ4n) is 1.85. The lowest BCUT2D eigenvalue weighted by Crippen LogP contribution is -2.52. The Morgan fingerprint density at radius 2 is 1.75 bits per heavy atom. The van der Waals surface area contributed by atoms with E-state index in [-0.39, 0.29) is 25.9 Å². The zero-order valence-corrected chi connectivity index (χ0v) is 9.74. The zero-order chi connectivity index (χ0) is 12.6. The normalized spacial score (nSPS) is 23.3. The van der Waals surface area contributed by atoms with Crippen LogP contribution in [0.4, 0.5) is 13.2 Å². The van der Waals surface area contributed by atoms with Gasteiger partial charge in [0.15, 0.2) is 0 Å². The quantitative estimate of drug-likeness (QED) is 0.788. The molecule has 1 aliphatic rings. The fraction of sp³-hybridized carbons (Fsp3) is 1.00. The molecule has 1 aliphatic heterocycles. The van der Waals surface area contributed by atoms with Crippen LogP contribution in [0.25, 0.3) is 0 Å². The number of nitrogens with two attached hydrogens (primary N) is 1. The van der Waals surface area contributed by atoms with E-state index in [1.807, 2.05) is 0 Å². The highest BCUT2D eigenvalue weighted by Crippen LogP contribution is 2.45. The van der Waals surface area contributed by atoms with Gasteiger partial charge in [-0.15, -0.1) is 0 Å². The van der Waals surface area contributed by atoms with Crippen LogP contribution < -0.4 is 5.73 Å². The van der Waals surface area contributed by atoms with Crippen LogP contribution in [0, 0.1) is 5.41 Å². The van der Waals surface area contributed by atoms with Gasteiger partial charge < -0.3 is 5.73 Å². The highest BCUT2D eigenvalue weighted by molar-refractivity contribution is 7.88. The van der Waals surface area contributed by atoms with Crippen LogP contribution >= 0.6 is 0 Å². The van der Waals surface area contributed by atoms with Gasteiger partial charge in [0.25, 0.3) is 0 Å². The number of sulfonamides is 1. The van der Waals surface area contributed by atoms with Crippen molar-refractivity contribution in [1.29, 1.82) is 0 Å². The summed E-state index contributed by atoms with van der Waals surface area (Å²) in [6, 6.07) is 0. The standard InChI is InChI=1S/C8H15F3N2O2S/c1-16(14,15)13-4-2-7(6-12,3-5-13)8(9,10)11/h2-6,12H2,1H3. The Morgan fingerprint density at radius 3 is 2.00 bits per heavy atom. The Labute approximate surface area is 92.6 Å². The lowest BCUT2D eigenvalue weighted by atomic mass is 9.78. The number of hydrogen-bond donors (Lipinski definition) is 1. The van der Waals surface area contributed by atoms with Gasteiger partial charge in [-0.25, -0.2) is 12.7 Å². The third kappa shape index (κ3) is 2.49. The summed E-state index contributed by atoms with van der Waals surface area (Å²) in [4.78, 5) is 0. The third-order valence-electron chi connectivity index (χ3n) is 3.14. The van der Waals surface area contributed by atoms with Crippen molar-refractivity contribution in [2.24, 2.45) is 11.1 Å². The van der Waals surface area contributed by atoms with Crippen LogP contribution in [0.3, 0.4) is 0 Å². The summed E-state index contributed by atoms with van der Waals surface area (Å²) in [5.41, 5.74) is 3.27. The van der Waals surface area contributed by atoms with E-state index >= 15 is 0 Å². The van der Waals surface area contributed by atoms with Gasteiger partial charge in [-0.05, 0) is 12.8 Å². The average Bonchev–Trinajstić information content (AvgIpc) is 2.14. The molecule has 0 radical (unpaired) electrons. The summed E-state index contributed by atoms with van der Waals surface area (Å²) in [6.07, 6.45) is -3.90. The molecule has 16 heavy (non-hydrogen) atoms. The van der Waals surface area contributed by atoms with Crippen molar-refractivity contribution in [3.05, 3.63) is 0 Å². The summed E-state index contributed by atoms with van der Waals surface area (Å²) in [6.45, 7) is -0.723. The Bertz CT molecular complexity index is 345. The Balaban J connectivity index is 2.80. The second kappa shape index (κ2) is 4.15. The van der Waals surface area contributed by atoms with E-state index in [0.717, 1.165) is 10.6 Å². The molecule has 0 atom stereocenters. The summed E-state index contributed by atoms with van der Waals surface area (Å²) in [7, 11) is -3.40. The number of rotatable bonds is 2. The monoisotopic (exact) mass is 260 g/mol. The summed E-state index contributed by atoms with van der Waals surface area (Å²) < 4.78 is 61.7. The van der Waals surface area contributed by atoms with Crippen molar-refractivity contribution in [1.82, 2.24) is 4.31 Å². The molecule has 0 aliphatic carbocycles. The molecule has 96 valence electrons. The highest BCUT2D eigenvalue weighted by Gasteiger charge is 2.55. The van der Waals surface area contributed by atoms with Crippen LogP contribution in [-0.2, 0) is 10.0 Å². The van der Waals surface area contributed by atoms with Crippen LogP contribution in [-0.4, -0.2) is 44.8 Å². The van der Waals surface area contributed by atoms with E-state index in [2.05, 4.69) is 0 Å². The second-order valence-electron chi connectivity index (χ2n) is 4.14. The van der Waals surface area contributed by atoms with E-state index in [0.29, 0.717) is 0 Å². The molecule has 4 nitrogen and oxygen atoms in total. The van der Waals surface area contributed by atoms with Gasteiger partial charge in [0.1, 0.15) is 0 Å². The fourth-order valence-corrected chi connectivity index (χ4v) is 2.70. The SMILES string of the molecule is CS(=O)(=O)N1CCC(CN)(C(F)(F)F)CC1. The van der Waals surface area contributed by atoms with Crippen molar-refractivity contribution in [2.75, 3.05) is 25.9 Å². The number of piperidine rings is 1. The Kier molecular flexibility index (Phi) is 3.56. The third-order valence-corrected chi connectivity index (χ3v) is 4.44. The smallest absolute Gasteiger partial charge is 0.330 e. The molecule has 1 heterocycles. The van der Waals surface area contributed by atoms with Crippen LogP contribution in [0.2, 0.25) is 0 Å². The van der Waals surface area contributed by atoms with E-state index in [1.165, 1.54) is 0 Å². The number of alkyl halides is 3. The maximum absolute atomic E-state index is 12.8. The van der Waals surface area contributed by atoms with Gasteiger partial charge in [-0.1, -0.05) is 0 Å². The first-order valence-corrected chi connectivity index (χ1v) is 6.69. The molecular formula is C8H15F3N2O2S. The van der Waals surface area contributed by atoms with Gasteiger partial charge in [0, 0.05) is 19.6 Å². The molecule has 0 aromatic rings. The lowest BCUT2D eigenvalue weighted by molar-refractivity contribution is -0.231. The minimum absolute atomic E-state index is 0.116. The molecule has 0 bridgehead atoms. The number of nitrogens with zero attached hydrogens (tertiary/aromatic N) is 1. The molecule has 0 aromatic carbocycles. The van der Waals surface area contributed by atoms with Gasteiger partial charge in [0.2, 0.25) is 10.0 Å². The van der Waals surface area contributed by atoms with Gasteiger partial charge in [-0.3, -0.25) is 0 Å². The van der Waals surface area contributed by atoms with Crippen LogP contribution in [0.15, 0.2) is 0 Å². The number of hydrogen-bond acceptors (Lipinski definition) is 3. The zero-order valence-electron chi connectivity index (χ0n) is 8.92. The van der Waals surface area contributed by atoms with Crippen LogP contribution in [0.5, 0.6) is 0 Å². The van der Waals surface area contributed by atoms with Crippen molar-refractivity contribution in [2.45, 2.75) is 19.0 Å². The first-order valence-electron chi connectivity index (χ1n) is 4.84. The molecule has 2 N–H and O–H groups in total. The average molecular weight is 260 g/mol. The van der Waals surface area contributed by atoms with E-state index in [4.69, 9.17) is 5.73 Å². The second-order valence-corrected chi connectivity index (χ2v) is 6.13. The minimum atomic E-state index is -4.37. The van der Waals surface area contributed by atoms with E-state index in [9.17, 15) is 21.6 Å². The first-order chi connectivity index (χ1) is 7.12. The largest absolute Gasteiger partial charge is 0.395 e. The lowest BCUT2D eigenvalue weighted by Gasteiger charge is -2.41. The maximum Gasteiger partial charge on any atom is 0.395 e. The van der Waals surface area contributed by atoms with E-state index < -0.39 is 28.2 Å². The molecular weight excluding hydrogens is 245 g/mol. The summed E-state index contributed by atoms with van der Waals surface area (Å²) >= 11 is 0. The van der Waals surface area contributed by atoms with Gasteiger partial charge in [0.05, 0.1) is 11.7 Å². The van der Waals surface area contributed by atoms with Crippen molar-refractivity contribution in [3.8, 4) is 0 Å². The Hall–Kier alpha value is -0.340. The van der Waals surface area contributed by atoms with Gasteiger partial charge in [-0.2, -0.15) is 13.2 Å². The molecule has 0 amide bonds. The predicted molar refractivity (Wildman–Crippen MR) is 53.2 cm³/mol. The molecule has 0 unspecified atom stereocenters. The molecule has 1 saturated heterocycles. The number of halogens is 3. The van der Waals surface area contributed by atoms with Crippen molar-refractivity contribution in [3.63, 3.8) is 0 Å². The first kappa shape index (κ1) is 13.7. The van der Waals surface area contributed by atoms with Crippen LogP contribution in [0.1, 0.15) is 12.8 Å². The molecule has 0 saturated carbocycles. The molecule has 0 aromatic heterocycles. The molecule has 8 heteroatoms.